The number of aryl methyl sites for hydroxylation is 1. The number of unbranched alkanes of at least 4 members (excludes halogenated alkanes) is 1. The van der Waals surface area contributed by atoms with E-state index < -0.39 is 11.9 Å². The Morgan fingerprint density at radius 2 is 1.84 bits per heavy atom. The number of nitrogens with one attached hydrogen (secondary N) is 1. The van der Waals surface area contributed by atoms with Crippen LogP contribution in [0.5, 0.6) is 5.75 Å². The number of allylic oxidation sites excluding steroid dienone is 1. The summed E-state index contributed by atoms with van der Waals surface area (Å²) >= 11 is 0. The van der Waals surface area contributed by atoms with Gasteiger partial charge in [-0.25, -0.2) is 9.59 Å². The fourth-order valence-corrected chi connectivity index (χ4v) is 1.97. The molecule has 0 saturated heterocycles. The molecule has 6 nitrogen and oxygen atoms in total. The highest BCUT2D eigenvalue weighted by atomic mass is 16.5. The number of carbonyl (C=O) groups is 2. The summed E-state index contributed by atoms with van der Waals surface area (Å²) in [5, 5.41) is 18.1. The standard InChI is InChI=1S/C17H25NO.C2H2O4/c1-4-9-16-11-8-10-15(3)17(16)19-14-7-6-13-18-12-5-2;3-1(4)2(5)6/h4-5,8,10-11,18H,1-2,6-7,9,12-14H2,3H3;(H,3,4)(H,5,6). The molecule has 0 aliphatic heterocycles. The van der Waals surface area contributed by atoms with E-state index in [1.54, 1.807) is 0 Å². The molecule has 0 spiro atoms. The lowest BCUT2D eigenvalue weighted by Crippen LogP contribution is -2.15. The molecule has 0 unspecified atom stereocenters. The Morgan fingerprint density at radius 1 is 1.16 bits per heavy atom. The fourth-order valence-electron chi connectivity index (χ4n) is 1.97. The van der Waals surface area contributed by atoms with Crippen LogP contribution in [0.25, 0.3) is 0 Å². The summed E-state index contributed by atoms with van der Waals surface area (Å²) in [6.45, 7) is 12.2. The van der Waals surface area contributed by atoms with Crippen molar-refractivity contribution in [3.63, 3.8) is 0 Å². The lowest BCUT2D eigenvalue weighted by molar-refractivity contribution is -0.159. The molecule has 0 aromatic heterocycles. The summed E-state index contributed by atoms with van der Waals surface area (Å²) in [6.07, 6.45) is 6.84. The van der Waals surface area contributed by atoms with Crippen molar-refractivity contribution in [3.8, 4) is 5.75 Å². The molecule has 0 fully saturated rings. The molecule has 0 radical (unpaired) electrons. The minimum Gasteiger partial charge on any atom is -0.493 e. The van der Waals surface area contributed by atoms with Gasteiger partial charge in [0.05, 0.1) is 6.61 Å². The molecule has 0 aliphatic carbocycles. The maximum Gasteiger partial charge on any atom is 0.414 e. The van der Waals surface area contributed by atoms with Crippen molar-refractivity contribution in [2.24, 2.45) is 0 Å². The Kier molecular flexibility index (Phi) is 12.4. The van der Waals surface area contributed by atoms with Gasteiger partial charge < -0.3 is 20.3 Å². The van der Waals surface area contributed by atoms with Crippen molar-refractivity contribution >= 4 is 11.9 Å². The van der Waals surface area contributed by atoms with E-state index in [1.165, 1.54) is 11.1 Å². The van der Waals surface area contributed by atoms with Crippen molar-refractivity contribution in [1.29, 1.82) is 0 Å². The van der Waals surface area contributed by atoms with Crippen LogP contribution in [-0.2, 0) is 16.0 Å². The van der Waals surface area contributed by atoms with Crippen LogP contribution in [-0.4, -0.2) is 41.8 Å². The third-order valence-electron chi connectivity index (χ3n) is 3.12. The monoisotopic (exact) mass is 349 g/mol. The van der Waals surface area contributed by atoms with Gasteiger partial charge in [0.15, 0.2) is 0 Å². The second kappa shape index (κ2) is 13.8. The maximum absolute atomic E-state index is 9.10. The van der Waals surface area contributed by atoms with Crippen molar-refractivity contribution in [2.45, 2.75) is 26.2 Å². The zero-order chi connectivity index (χ0) is 19.1. The van der Waals surface area contributed by atoms with Crippen LogP contribution in [0.1, 0.15) is 24.0 Å². The minimum atomic E-state index is -1.82. The highest BCUT2D eigenvalue weighted by Crippen LogP contribution is 2.24. The topological polar surface area (TPSA) is 95.9 Å². The summed E-state index contributed by atoms with van der Waals surface area (Å²) < 4.78 is 5.93. The van der Waals surface area contributed by atoms with E-state index in [0.29, 0.717) is 0 Å². The van der Waals surface area contributed by atoms with Gasteiger partial charge in [-0.2, -0.15) is 0 Å². The third-order valence-corrected chi connectivity index (χ3v) is 3.12. The number of carboxylic acids is 2. The molecule has 0 amide bonds. The number of aliphatic carboxylic acids is 2. The third kappa shape index (κ3) is 10.7. The van der Waals surface area contributed by atoms with Crippen molar-refractivity contribution in [1.82, 2.24) is 5.32 Å². The van der Waals surface area contributed by atoms with Crippen LogP contribution in [0, 0.1) is 6.92 Å². The largest absolute Gasteiger partial charge is 0.493 e. The van der Waals surface area contributed by atoms with Gasteiger partial charge in [-0.05, 0) is 43.9 Å². The average Bonchev–Trinajstić information content (AvgIpc) is 2.57. The molecule has 0 aliphatic rings. The maximum atomic E-state index is 9.10. The van der Waals surface area contributed by atoms with Gasteiger partial charge in [-0.3, -0.25) is 0 Å². The Morgan fingerprint density at radius 3 is 2.40 bits per heavy atom. The van der Waals surface area contributed by atoms with E-state index in [0.717, 1.165) is 44.7 Å². The smallest absolute Gasteiger partial charge is 0.414 e. The summed E-state index contributed by atoms with van der Waals surface area (Å²) in [4.78, 5) is 18.2. The molecule has 0 bridgehead atoms. The second-order valence-electron chi connectivity index (χ2n) is 5.21. The Balaban J connectivity index is 0.000000823. The van der Waals surface area contributed by atoms with E-state index >= 15 is 0 Å². The molecule has 0 heterocycles. The molecule has 3 N–H and O–H groups in total. The number of para-hydroxylation sites is 1. The van der Waals surface area contributed by atoms with E-state index in [-0.39, 0.29) is 0 Å². The number of ether oxygens (including phenoxy) is 1. The van der Waals surface area contributed by atoms with Crippen LogP contribution in [0.3, 0.4) is 0 Å². The second-order valence-corrected chi connectivity index (χ2v) is 5.21. The van der Waals surface area contributed by atoms with Crippen LogP contribution in [0.2, 0.25) is 0 Å². The predicted octanol–water partition coefficient (Wildman–Crippen LogP) is 2.81. The van der Waals surface area contributed by atoms with Gasteiger partial charge in [0.2, 0.25) is 0 Å². The number of carboxylic acid groups (broad SMARTS) is 2. The van der Waals surface area contributed by atoms with E-state index in [4.69, 9.17) is 24.5 Å². The van der Waals surface area contributed by atoms with E-state index in [1.807, 2.05) is 12.2 Å². The molecule has 25 heavy (non-hydrogen) atoms. The average molecular weight is 349 g/mol. The first-order valence-corrected chi connectivity index (χ1v) is 8.04. The van der Waals surface area contributed by atoms with Gasteiger partial charge in [-0.15, -0.1) is 13.2 Å². The predicted molar refractivity (Wildman–Crippen MR) is 98.1 cm³/mol. The zero-order valence-electron chi connectivity index (χ0n) is 14.7. The molecular weight excluding hydrogens is 322 g/mol. The molecule has 0 saturated carbocycles. The van der Waals surface area contributed by atoms with Crippen LogP contribution in [0.15, 0.2) is 43.5 Å². The SMILES string of the molecule is C=CCNCCCCOc1c(C)cccc1CC=C.O=C(O)C(=O)O. The van der Waals surface area contributed by atoms with E-state index in [2.05, 4.69) is 43.6 Å². The molecule has 1 aromatic rings. The van der Waals surface area contributed by atoms with Crippen molar-refractivity contribution in [3.05, 3.63) is 54.6 Å². The van der Waals surface area contributed by atoms with Crippen LogP contribution in [0.4, 0.5) is 0 Å². The van der Waals surface area contributed by atoms with Gasteiger partial charge >= 0.3 is 11.9 Å². The molecule has 0 atom stereocenters. The van der Waals surface area contributed by atoms with Crippen molar-refractivity contribution in [2.75, 3.05) is 19.7 Å². The van der Waals surface area contributed by atoms with E-state index in [9.17, 15) is 0 Å². The number of benzene rings is 1. The lowest BCUT2D eigenvalue weighted by atomic mass is 10.1. The Hall–Kier alpha value is -2.60. The lowest BCUT2D eigenvalue weighted by Gasteiger charge is -2.13. The molecule has 1 aromatic carbocycles. The molecular formula is C19H27NO5. The Bertz CT molecular complexity index is 557. The summed E-state index contributed by atoms with van der Waals surface area (Å²) in [5.41, 5.74) is 2.42. The van der Waals surface area contributed by atoms with Crippen molar-refractivity contribution < 1.29 is 24.5 Å². The summed E-state index contributed by atoms with van der Waals surface area (Å²) in [7, 11) is 0. The first-order valence-electron chi connectivity index (χ1n) is 8.04. The number of rotatable bonds is 10. The number of hydrogen-bond donors (Lipinski definition) is 3. The van der Waals surface area contributed by atoms with Gasteiger partial charge in [-0.1, -0.05) is 30.4 Å². The van der Waals surface area contributed by atoms with Gasteiger partial charge in [0.1, 0.15) is 5.75 Å². The minimum absolute atomic E-state index is 0.769. The van der Waals surface area contributed by atoms with Gasteiger partial charge in [0, 0.05) is 6.54 Å². The first kappa shape index (κ1) is 22.4. The highest BCUT2D eigenvalue weighted by Gasteiger charge is 2.05. The number of hydrogen-bond acceptors (Lipinski definition) is 4. The summed E-state index contributed by atoms with van der Waals surface area (Å²) in [6, 6.07) is 6.27. The highest BCUT2D eigenvalue weighted by molar-refractivity contribution is 6.27. The normalized spacial score (nSPS) is 9.48. The van der Waals surface area contributed by atoms with Crippen LogP contribution >= 0.6 is 0 Å². The molecule has 138 valence electrons. The quantitative estimate of drug-likeness (QED) is 0.341. The summed E-state index contributed by atoms with van der Waals surface area (Å²) in [5.74, 6) is -2.62. The first-order chi connectivity index (χ1) is 11.9. The molecule has 6 heteroatoms. The fraction of sp³-hybridized carbons (Fsp3) is 0.368. The Labute approximate surface area is 148 Å². The van der Waals surface area contributed by atoms with Gasteiger partial charge in [0.25, 0.3) is 0 Å². The zero-order valence-corrected chi connectivity index (χ0v) is 14.7. The van der Waals surface area contributed by atoms with Crippen LogP contribution < -0.4 is 10.1 Å². The molecule has 1 rings (SSSR count).